The molecule has 0 atom stereocenters. The van der Waals surface area contributed by atoms with Gasteiger partial charge in [-0.25, -0.2) is 4.98 Å². The van der Waals surface area contributed by atoms with Crippen LogP contribution in [-0.2, 0) is 0 Å². The molecule has 110 valence electrons. The van der Waals surface area contributed by atoms with Gasteiger partial charge in [0.25, 0.3) is 11.6 Å². The number of nitro benzene ring substituents is 1. The zero-order chi connectivity index (χ0) is 15.7. The van der Waals surface area contributed by atoms with E-state index in [0.29, 0.717) is 11.3 Å². The van der Waals surface area contributed by atoms with Crippen LogP contribution in [0.5, 0.6) is 0 Å². The van der Waals surface area contributed by atoms with E-state index in [2.05, 4.69) is 10.3 Å². The Labute approximate surface area is 125 Å². The van der Waals surface area contributed by atoms with Crippen LogP contribution in [0.25, 0.3) is 5.65 Å². The first-order valence-electron chi connectivity index (χ1n) is 6.55. The van der Waals surface area contributed by atoms with E-state index >= 15 is 0 Å². The molecule has 3 rings (SSSR count). The highest BCUT2D eigenvalue weighted by atomic mass is 16.6. The molecular formula is C15H12N4O3. The third kappa shape index (κ3) is 2.39. The monoisotopic (exact) mass is 296 g/mol. The molecule has 1 N–H and O–H groups in total. The smallest absolute Gasteiger partial charge is 0.269 e. The number of pyridine rings is 1. The van der Waals surface area contributed by atoms with Gasteiger partial charge in [0.2, 0.25) is 0 Å². The Kier molecular flexibility index (Phi) is 3.30. The largest absolute Gasteiger partial charge is 0.320 e. The Morgan fingerprint density at radius 2 is 1.95 bits per heavy atom. The molecule has 1 aromatic carbocycles. The van der Waals surface area contributed by atoms with Gasteiger partial charge in [-0.15, -0.1) is 0 Å². The van der Waals surface area contributed by atoms with Crippen LogP contribution >= 0.6 is 0 Å². The Hall–Kier alpha value is -3.22. The SMILES string of the molecule is Cc1c(NC(=O)c2ccc([N+](=O)[O-])cc2)ccc2nccn12. The second-order valence-corrected chi connectivity index (χ2v) is 4.75. The van der Waals surface area contributed by atoms with E-state index in [9.17, 15) is 14.9 Å². The number of hydrogen-bond acceptors (Lipinski definition) is 4. The maximum atomic E-state index is 12.2. The van der Waals surface area contributed by atoms with E-state index in [0.717, 1.165) is 11.3 Å². The minimum Gasteiger partial charge on any atom is -0.320 e. The van der Waals surface area contributed by atoms with Crippen molar-refractivity contribution >= 4 is 22.9 Å². The molecule has 0 saturated carbocycles. The van der Waals surface area contributed by atoms with Gasteiger partial charge in [0.05, 0.1) is 10.6 Å². The first-order chi connectivity index (χ1) is 10.6. The van der Waals surface area contributed by atoms with Gasteiger partial charge in [0.1, 0.15) is 5.65 Å². The standard InChI is InChI=1S/C15H12N4O3/c1-10-13(6-7-14-16-8-9-18(10)14)17-15(20)11-2-4-12(5-3-11)19(21)22/h2-9H,1H3,(H,17,20). The number of anilines is 1. The number of aryl methyl sites for hydroxylation is 1. The minimum atomic E-state index is -0.501. The van der Waals surface area contributed by atoms with Gasteiger partial charge < -0.3 is 9.72 Å². The van der Waals surface area contributed by atoms with Crippen LogP contribution in [0.2, 0.25) is 0 Å². The van der Waals surface area contributed by atoms with Crippen LogP contribution in [0.3, 0.4) is 0 Å². The van der Waals surface area contributed by atoms with Gasteiger partial charge in [0.15, 0.2) is 0 Å². The third-order valence-electron chi connectivity index (χ3n) is 3.41. The molecule has 0 fully saturated rings. The molecular weight excluding hydrogens is 284 g/mol. The molecule has 0 radical (unpaired) electrons. The molecule has 0 spiro atoms. The lowest BCUT2D eigenvalue weighted by molar-refractivity contribution is -0.384. The van der Waals surface area contributed by atoms with Crippen molar-refractivity contribution in [2.24, 2.45) is 0 Å². The van der Waals surface area contributed by atoms with Gasteiger partial charge >= 0.3 is 0 Å². The first kappa shape index (κ1) is 13.7. The number of amides is 1. The second-order valence-electron chi connectivity index (χ2n) is 4.75. The average molecular weight is 296 g/mol. The fraction of sp³-hybridized carbons (Fsp3) is 0.0667. The highest BCUT2D eigenvalue weighted by molar-refractivity contribution is 6.04. The number of hydrogen-bond donors (Lipinski definition) is 1. The van der Waals surface area contributed by atoms with Crippen LogP contribution in [0.4, 0.5) is 11.4 Å². The lowest BCUT2D eigenvalue weighted by Crippen LogP contribution is -2.13. The number of aromatic nitrogens is 2. The van der Waals surface area contributed by atoms with Gasteiger partial charge in [-0.05, 0) is 31.2 Å². The van der Waals surface area contributed by atoms with Gasteiger partial charge in [0, 0.05) is 35.8 Å². The molecule has 0 aliphatic heterocycles. The summed E-state index contributed by atoms with van der Waals surface area (Å²) in [6.07, 6.45) is 3.50. The van der Waals surface area contributed by atoms with E-state index < -0.39 is 4.92 Å². The summed E-state index contributed by atoms with van der Waals surface area (Å²) in [6, 6.07) is 9.05. The topological polar surface area (TPSA) is 89.5 Å². The molecule has 0 aliphatic rings. The Bertz CT molecular complexity index is 868. The molecule has 1 amide bonds. The van der Waals surface area contributed by atoms with Gasteiger partial charge in [-0.1, -0.05) is 0 Å². The molecule has 7 heteroatoms. The number of carbonyl (C=O) groups is 1. The van der Waals surface area contributed by atoms with E-state index in [1.807, 2.05) is 17.5 Å². The molecule has 0 unspecified atom stereocenters. The summed E-state index contributed by atoms with van der Waals surface area (Å²) in [5.74, 6) is -0.322. The Morgan fingerprint density at radius 1 is 1.23 bits per heavy atom. The van der Waals surface area contributed by atoms with E-state index in [-0.39, 0.29) is 11.6 Å². The highest BCUT2D eigenvalue weighted by Gasteiger charge is 2.11. The Balaban J connectivity index is 1.86. The van der Waals surface area contributed by atoms with Crippen molar-refractivity contribution in [1.29, 1.82) is 0 Å². The van der Waals surface area contributed by atoms with E-state index in [4.69, 9.17) is 0 Å². The number of fused-ring (bicyclic) bond motifs is 1. The first-order valence-corrected chi connectivity index (χ1v) is 6.55. The van der Waals surface area contributed by atoms with Crippen LogP contribution < -0.4 is 5.32 Å². The lowest BCUT2D eigenvalue weighted by atomic mass is 10.2. The molecule has 0 bridgehead atoms. The zero-order valence-corrected chi connectivity index (χ0v) is 11.7. The van der Waals surface area contributed by atoms with Crippen molar-refractivity contribution in [2.75, 3.05) is 5.32 Å². The number of benzene rings is 1. The normalized spacial score (nSPS) is 10.6. The summed E-state index contributed by atoms with van der Waals surface area (Å²) >= 11 is 0. The summed E-state index contributed by atoms with van der Waals surface area (Å²) in [4.78, 5) is 26.5. The van der Waals surface area contributed by atoms with Crippen LogP contribution in [0.15, 0.2) is 48.8 Å². The summed E-state index contributed by atoms with van der Waals surface area (Å²) in [5.41, 5.74) is 2.62. The van der Waals surface area contributed by atoms with Gasteiger partial charge in [-0.3, -0.25) is 14.9 Å². The van der Waals surface area contributed by atoms with Gasteiger partial charge in [-0.2, -0.15) is 0 Å². The summed E-state index contributed by atoms with van der Waals surface area (Å²) in [6.45, 7) is 1.88. The van der Waals surface area contributed by atoms with Crippen molar-refractivity contribution in [3.8, 4) is 0 Å². The summed E-state index contributed by atoms with van der Waals surface area (Å²) in [5, 5.41) is 13.4. The number of nitrogens with zero attached hydrogens (tertiary/aromatic N) is 3. The van der Waals surface area contributed by atoms with Crippen molar-refractivity contribution in [3.63, 3.8) is 0 Å². The number of non-ortho nitro benzene ring substituents is 1. The molecule has 7 nitrogen and oxygen atoms in total. The number of rotatable bonds is 3. The second kappa shape index (κ2) is 5.28. The van der Waals surface area contributed by atoms with Crippen molar-refractivity contribution in [1.82, 2.24) is 9.38 Å². The Morgan fingerprint density at radius 3 is 2.64 bits per heavy atom. The number of nitro groups is 1. The maximum Gasteiger partial charge on any atom is 0.269 e. The predicted molar refractivity (Wildman–Crippen MR) is 81.0 cm³/mol. The molecule has 3 aromatic rings. The van der Waals surface area contributed by atoms with Crippen LogP contribution in [0.1, 0.15) is 16.1 Å². The summed E-state index contributed by atoms with van der Waals surface area (Å²) in [7, 11) is 0. The van der Waals surface area contributed by atoms with Crippen LogP contribution in [-0.4, -0.2) is 20.2 Å². The minimum absolute atomic E-state index is 0.0486. The van der Waals surface area contributed by atoms with E-state index in [1.54, 1.807) is 18.3 Å². The lowest BCUT2D eigenvalue weighted by Gasteiger charge is -2.10. The highest BCUT2D eigenvalue weighted by Crippen LogP contribution is 2.18. The van der Waals surface area contributed by atoms with Crippen LogP contribution in [0, 0.1) is 17.0 Å². The zero-order valence-electron chi connectivity index (χ0n) is 11.7. The van der Waals surface area contributed by atoms with Crippen molar-refractivity contribution in [3.05, 3.63) is 70.2 Å². The maximum absolute atomic E-state index is 12.2. The fourth-order valence-corrected chi connectivity index (χ4v) is 2.19. The van der Waals surface area contributed by atoms with Crippen molar-refractivity contribution in [2.45, 2.75) is 6.92 Å². The average Bonchev–Trinajstić information content (AvgIpc) is 2.99. The van der Waals surface area contributed by atoms with E-state index in [1.165, 1.54) is 24.3 Å². The predicted octanol–water partition coefficient (Wildman–Crippen LogP) is 2.80. The molecule has 22 heavy (non-hydrogen) atoms. The number of imidazole rings is 1. The number of nitrogens with one attached hydrogen (secondary N) is 1. The fourth-order valence-electron chi connectivity index (χ4n) is 2.19. The quantitative estimate of drug-likeness (QED) is 0.594. The third-order valence-corrected chi connectivity index (χ3v) is 3.41. The molecule has 0 saturated heterocycles. The molecule has 2 aromatic heterocycles. The number of carbonyl (C=O) groups excluding carboxylic acids is 1. The van der Waals surface area contributed by atoms with Crippen molar-refractivity contribution < 1.29 is 9.72 Å². The molecule has 2 heterocycles. The molecule has 0 aliphatic carbocycles. The summed E-state index contributed by atoms with van der Waals surface area (Å²) < 4.78 is 1.87.